The molecular weight excluding hydrogens is 216 g/mol. The van der Waals surface area contributed by atoms with Crippen LogP contribution in [0, 0.1) is 6.92 Å². The first-order chi connectivity index (χ1) is 5.11. The minimum absolute atomic E-state index is 0. The number of hydrogen-bond donors (Lipinski definition) is 1. The van der Waals surface area contributed by atoms with E-state index in [-0.39, 0.29) is 75.5 Å². The molecule has 1 rings (SSSR count). The van der Waals surface area contributed by atoms with E-state index in [0.717, 1.165) is 11.1 Å². The number of benzene rings is 1. The van der Waals surface area contributed by atoms with Gasteiger partial charge in [0.15, 0.2) is 0 Å². The Morgan fingerprint density at radius 2 is 1.69 bits per heavy atom. The van der Waals surface area contributed by atoms with E-state index in [9.17, 15) is 5.11 Å². The van der Waals surface area contributed by atoms with Gasteiger partial charge in [-0.05, 0) is 30.0 Å². The van der Waals surface area contributed by atoms with Crippen LogP contribution in [0.2, 0.25) is 0 Å². The van der Waals surface area contributed by atoms with Crippen LogP contribution in [-0.4, -0.2) is 80.6 Å². The van der Waals surface area contributed by atoms with E-state index in [1.165, 1.54) is 0 Å². The zero-order valence-corrected chi connectivity index (χ0v) is 7.26. The van der Waals surface area contributed by atoms with E-state index in [1.54, 1.807) is 6.07 Å². The van der Waals surface area contributed by atoms with Crippen molar-refractivity contribution in [2.24, 2.45) is 0 Å². The van der Waals surface area contributed by atoms with Gasteiger partial charge in [-0.2, -0.15) is 0 Å². The monoisotopic (exact) mass is 234 g/mol. The zero-order valence-electron chi connectivity index (χ0n) is 7.26. The molecule has 0 heterocycles. The van der Waals surface area contributed by atoms with E-state index < -0.39 is 0 Å². The molecule has 0 saturated carbocycles. The third-order valence-corrected chi connectivity index (χ3v) is 1.81. The molecule has 1 aromatic rings. The van der Waals surface area contributed by atoms with Crippen molar-refractivity contribution >= 4 is 75.5 Å². The number of phenols is 1. The molecule has 0 saturated heterocycles. The van der Waals surface area contributed by atoms with Crippen LogP contribution in [0.4, 0.5) is 0 Å². The molecule has 0 bridgehead atoms. The Morgan fingerprint density at radius 3 is 2.08 bits per heavy atom. The average Bonchev–Trinajstić information content (AvgIpc) is 1.85. The predicted molar refractivity (Wildman–Crippen MR) is 64.0 cm³/mol. The summed E-state index contributed by atoms with van der Waals surface area (Å²) in [6, 6.07) is 5.81. The fourth-order valence-corrected chi connectivity index (χ4v) is 1.14. The third-order valence-electron chi connectivity index (χ3n) is 1.81. The van der Waals surface area contributed by atoms with Gasteiger partial charge >= 0.3 is 75.5 Å². The van der Waals surface area contributed by atoms with Crippen LogP contribution in [0.1, 0.15) is 30.9 Å². The molecule has 68 valence electrons. The second-order valence-corrected chi connectivity index (χ2v) is 3.22. The van der Waals surface area contributed by atoms with Gasteiger partial charge in [0.25, 0.3) is 0 Å². The second-order valence-electron chi connectivity index (χ2n) is 3.22. The second kappa shape index (κ2) is 7.78. The Morgan fingerprint density at radius 1 is 1.15 bits per heavy atom. The summed E-state index contributed by atoms with van der Waals surface area (Å²) in [4.78, 5) is 0. The maximum absolute atomic E-state index is 9.46. The van der Waals surface area contributed by atoms with Crippen LogP contribution in [0.3, 0.4) is 0 Å². The molecule has 0 aliphatic heterocycles. The minimum atomic E-state index is 0. The number of phenolic OH excluding ortho intramolecular Hbond substituents is 1. The van der Waals surface area contributed by atoms with Crippen LogP contribution in [0.25, 0.3) is 0 Å². The molecule has 1 nitrogen and oxygen atoms in total. The third kappa shape index (κ3) is 5.25. The molecule has 0 spiro atoms. The van der Waals surface area contributed by atoms with Crippen LogP contribution in [-0.2, 0) is 0 Å². The zero-order chi connectivity index (χ0) is 8.43. The first kappa shape index (κ1) is 17.0. The molecule has 0 aliphatic carbocycles. The van der Waals surface area contributed by atoms with E-state index in [1.807, 2.05) is 19.1 Å². The van der Waals surface area contributed by atoms with E-state index >= 15 is 0 Å². The standard InChI is InChI=1S/C10H14O.2Ca.4H/c1-7(2)9-5-4-8(3)6-10(9)11;;;;;;/h4-7,11H,1-3H3;;;;;;. The predicted octanol–water partition coefficient (Wildman–Crippen LogP) is 0.992. The maximum atomic E-state index is 9.46. The van der Waals surface area contributed by atoms with Crippen molar-refractivity contribution in [3.8, 4) is 5.75 Å². The van der Waals surface area contributed by atoms with Gasteiger partial charge in [0.05, 0.1) is 0 Å². The fourth-order valence-electron chi connectivity index (χ4n) is 1.14. The Hall–Kier alpha value is 1.54. The molecule has 0 unspecified atom stereocenters. The molecule has 1 N–H and O–H groups in total. The molecule has 3 heteroatoms. The summed E-state index contributed by atoms with van der Waals surface area (Å²) in [5, 5.41) is 9.46. The first-order valence-electron chi connectivity index (χ1n) is 3.91. The summed E-state index contributed by atoms with van der Waals surface area (Å²) >= 11 is 0. The number of hydrogen-bond acceptors (Lipinski definition) is 1. The molecule has 1 aromatic carbocycles. The fraction of sp³-hybridized carbons (Fsp3) is 0.400. The van der Waals surface area contributed by atoms with E-state index in [0.29, 0.717) is 11.7 Å². The number of aryl methyl sites for hydroxylation is 1. The first-order valence-corrected chi connectivity index (χ1v) is 3.91. The van der Waals surface area contributed by atoms with Gasteiger partial charge in [-0.25, -0.2) is 0 Å². The molecule has 0 aliphatic rings. The summed E-state index contributed by atoms with van der Waals surface area (Å²) < 4.78 is 0. The number of rotatable bonds is 1. The summed E-state index contributed by atoms with van der Waals surface area (Å²) in [5.74, 6) is 0.815. The Balaban J connectivity index is 0. The average molecular weight is 234 g/mol. The molecule has 0 atom stereocenters. The summed E-state index contributed by atoms with van der Waals surface area (Å²) in [7, 11) is 0. The molecule has 0 aromatic heterocycles. The Labute approximate surface area is 140 Å². The van der Waals surface area contributed by atoms with Crippen molar-refractivity contribution < 1.29 is 5.11 Å². The van der Waals surface area contributed by atoms with Crippen molar-refractivity contribution in [3.63, 3.8) is 0 Å². The quantitative estimate of drug-likeness (QED) is 0.719. The molecule has 0 amide bonds. The van der Waals surface area contributed by atoms with E-state index in [4.69, 9.17) is 0 Å². The topological polar surface area (TPSA) is 20.2 Å². The summed E-state index contributed by atoms with van der Waals surface area (Å²) in [6.45, 7) is 6.12. The van der Waals surface area contributed by atoms with Gasteiger partial charge in [-0.1, -0.05) is 26.0 Å². The Bertz CT molecular complexity index is 259. The van der Waals surface area contributed by atoms with Crippen molar-refractivity contribution in [1.29, 1.82) is 0 Å². The molecule has 13 heavy (non-hydrogen) atoms. The van der Waals surface area contributed by atoms with Crippen LogP contribution >= 0.6 is 0 Å². The SMILES string of the molecule is Cc1ccc(C(C)C)c(O)c1.[CaH2].[CaH2]. The van der Waals surface area contributed by atoms with Gasteiger partial charge in [0.2, 0.25) is 0 Å². The van der Waals surface area contributed by atoms with Gasteiger partial charge in [-0.15, -0.1) is 0 Å². The van der Waals surface area contributed by atoms with Crippen molar-refractivity contribution in [1.82, 2.24) is 0 Å². The normalized spacial score (nSPS) is 8.92. The summed E-state index contributed by atoms with van der Waals surface area (Å²) in [6.07, 6.45) is 0. The molecular formula is C10H18Ca2O. The van der Waals surface area contributed by atoms with Gasteiger partial charge < -0.3 is 5.11 Å². The van der Waals surface area contributed by atoms with Gasteiger partial charge in [-0.3, -0.25) is 0 Å². The van der Waals surface area contributed by atoms with Gasteiger partial charge in [0.1, 0.15) is 5.75 Å². The molecule has 0 fully saturated rings. The van der Waals surface area contributed by atoms with E-state index in [2.05, 4.69) is 13.8 Å². The Kier molecular flexibility index (Phi) is 10.1. The van der Waals surface area contributed by atoms with Crippen molar-refractivity contribution in [3.05, 3.63) is 29.3 Å². The van der Waals surface area contributed by atoms with Crippen molar-refractivity contribution in [2.75, 3.05) is 0 Å². The van der Waals surface area contributed by atoms with Crippen LogP contribution < -0.4 is 0 Å². The van der Waals surface area contributed by atoms with Crippen LogP contribution in [0.15, 0.2) is 18.2 Å². The molecule has 0 radical (unpaired) electrons. The van der Waals surface area contributed by atoms with Crippen LogP contribution in [0.5, 0.6) is 5.75 Å². The van der Waals surface area contributed by atoms with Crippen molar-refractivity contribution in [2.45, 2.75) is 26.7 Å². The number of aromatic hydroxyl groups is 1. The summed E-state index contributed by atoms with van der Waals surface area (Å²) in [5.41, 5.74) is 2.13. The van der Waals surface area contributed by atoms with Gasteiger partial charge in [0, 0.05) is 0 Å².